The van der Waals surface area contributed by atoms with Gasteiger partial charge in [-0.1, -0.05) is 36.4 Å². The van der Waals surface area contributed by atoms with Gasteiger partial charge in [0.1, 0.15) is 0 Å². The van der Waals surface area contributed by atoms with Gasteiger partial charge in [0.25, 0.3) is 5.69 Å². The maximum absolute atomic E-state index is 11.5. The van der Waals surface area contributed by atoms with Crippen LogP contribution in [-0.2, 0) is 0 Å². The zero-order valence-corrected chi connectivity index (χ0v) is 9.45. The predicted molar refractivity (Wildman–Crippen MR) is 69.0 cm³/mol. The minimum atomic E-state index is 0.219. The van der Waals surface area contributed by atoms with Gasteiger partial charge in [-0.25, -0.2) is 0 Å². The lowest BCUT2D eigenvalue weighted by atomic mass is 10.0. The molecule has 0 spiro atoms. The van der Waals surface area contributed by atoms with Crippen LogP contribution in [0.4, 0.5) is 5.69 Å². The van der Waals surface area contributed by atoms with Crippen LogP contribution in [0.15, 0.2) is 59.9 Å². The van der Waals surface area contributed by atoms with E-state index in [0.29, 0.717) is 5.69 Å². The van der Waals surface area contributed by atoms with Gasteiger partial charge in [-0.15, -0.1) is 0 Å². The van der Waals surface area contributed by atoms with E-state index in [1.54, 1.807) is 12.1 Å². The van der Waals surface area contributed by atoms with E-state index in [0.717, 1.165) is 21.5 Å². The Bertz CT molecular complexity index is 766. The van der Waals surface area contributed by atoms with Gasteiger partial charge >= 0.3 is 0 Å². The number of hydrogen-bond donors (Lipinski definition) is 1. The Balaban J connectivity index is 2.43. The number of fused-ring (bicyclic) bond motifs is 2. The fourth-order valence-corrected chi connectivity index (χ4v) is 2.17. The molecule has 3 aromatic carbocycles. The first kappa shape index (κ1) is 10.5. The molecule has 0 aliphatic carbocycles. The summed E-state index contributed by atoms with van der Waals surface area (Å²) in [4.78, 5) is 0.219. The molecule has 0 fully saturated rings. The molecule has 0 aliphatic rings. The molecule has 0 heterocycles. The first-order valence-electron chi connectivity index (χ1n) is 5.53. The van der Waals surface area contributed by atoms with E-state index < -0.39 is 0 Å². The van der Waals surface area contributed by atoms with Crippen molar-refractivity contribution in [2.45, 2.75) is 0 Å². The van der Waals surface area contributed by atoms with E-state index in [9.17, 15) is 5.21 Å². The van der Waals surface area contributed by atoms with Crippen molar-refractivity contribution >= 4 is 27.2 Å². The van der Waals surface area contributed by atoms with Crippen LogP contribution in [0.1, 0.15) is 0 Å². The standard InChI is InChI=1S/C14H10N2O2/c17-15-16(18)14-7-3-6-12-8-10-4-1-2-5-11(10)9-13(12)14/h1-9,17H. The average Bonchev–Trinajstić information content (AvgIpc) is 2.43. The van der Waals surface area contributed by atoms with Gasteiger partial charge in [0.15, 0.2) is 0 Å². The van der Waals surface area contributed by atoms with E-state index in [1.807, 2.05) is 42.5 Å². The van der Waals surface area contributed by atoms with Gasteiger partial charge in [-0.05, 0) is 33.2 Å². The van der Waals surface area contributed by atoms with Gasteiger partial charge in [0.05, 0.1) is 5.39 Å². The molecule has 0 saturated carbocycles. The fourth-order valence-electron chi connectivity index (χ4n) is 2.17. The lowest BCUT2D eigenvalue weighted by Crippen LogP contribution is -1.91. The SMILES string of the molecule is [O-][N+](=NO)c1cccc2cc3ccccc3cc12. The summed E-state index contributed by atoms with van der Waals surface area (Å²) in [5, 5.41) is 26.6. The summed E-state index contributed by atoms with van der Waals surface area (Å²) in [7, 11) is 0. The third-order valence-corrected chi connectivity index (χ3v) is 3.01. The smallest absolute Gasteiger partial charge is 0.256 e. The molecule has 1 N–H and O–H groups in total. The number of nitrogens with zero attached hydrogens (tertiary/aromatic N) is 2. The minimum absolute atomic E-state index is 0.219. The summed E-state index contributed by atoms with van der Waals surface area (Å²) in [6, 6.07) is 17.2. The average molecular weight is 238 g/mol. The van der Waals surface area contributed by atoms with Crippen LogP contribution in [0.25, 0.3) is 21.5 Å². The Labute approximate surface area is 103 Å². The molecule has 0 aliphatic heterocycles. The fraction of sp³-hybridized carbons (Fsp3) is 0. The van der Waals surface area contributed by atoms with Crippen LogP contribution in [0, 0.1) is 5.21 Å². The molecule has 4 nitrogen and oxygen atoms in total. The summed E-state index contributed by atoms with van der Waals surface area (Å²) in [6.07, 6.45) is 0. The van der Waals surface area contributed by atoms with Crippen molar-refractivity contribution in [3.8, 4) is 0 Å². The van der Waals surface area contributed by atoms with Crippen molar-refractivity contribution in [3.63, 3.8) is 0 Å². The Kier molecular flexibility index (Phi) is 2.34. The zero-order chi connectivity index (χ0) is 12.5. The molecular weight excluding hydrogens is 228 g/mol. The highest BCUT2D eigenvalue weighted by molar-refractivity contribution is 6.02. The van der Waals surface area contributed by atoms with Gasteiger partial charge in [0, 0.05) is 6.07 Å². The Morgan fingerprint density at radius 3 is 2.28 bits per heavy atom. The van der Waals surface area contributed by atoms with Crippen LogP contribution in [0.3, 0.4) is 0 Å². The van der Waals surface area contributed by atoms with E-state index in [4.69, 9.17) is 5.21 Å². The van der Waals surface area contributed by atoms with Crippen LogP contribution in [0.5, 0.6) is 0 Å². The third-order valence-electron chi connectivity index (χ3n) is 3.01. The van der Waals surface area contributed by atoms with E-state index >= 15 is 0 Å². The Morgan fingerprint density at radius 1 is 0.889 bits per heavy atom. The first-order chi connectivity index (χ1) is 8.79. The molecule has 88 valence electrons. The van der Waals surface area contributed by atoms with Crippen LogP contribution >= 0.6 is 0 Å². The highest BCUT2D eigenvalue weighted by Crippen LogP contribution is 2.29. The van der Waals surface area contributed by atoms with Gasteiger partial charge in [-0.3, -0.25) is 0 Å². The summed E-state index contributed by atoms with van der Waals surface area (Å²) in [5.41, 5.74) is 0.334. The molecule has 3 rings (SSSR count). The van der Waals surface area contributed by atoms with E-state index in [-0.39, 0.29) is 4.86 Å². The Morgan fingerprint density at radius 2 is 1.56 bits per heavy atom. The van der Waals surface area contributed by atoms with Gasteiger partial charge < -0.3 is 10.4 Å². The second-order valence-electron chi connectivity index (χ2n) is 4.06. The van der Waals surface area contributed by atoms with Crippen molar-refractivity contribution < 1.29 is 10.1 Å². The molecular formula is C14H10N2O2. The third kappa shape index (κ3) is 1.55. The van der Waals surface area contributed by atoms with Crippen LogP contribution < -0.4 is 0 Å². The first-order valence-corrected chi connectivity index (χ1v) is 5.53. The molecule has 0 bridgehead atoms. The van der Waals surface area contributed by atoms with Crippen molar-refractivity contribution in [3.05, 3.63) is 59.8 Å². The largest absolute Gasteiger partial charge is 0.592 e. The second-order valence-corrected chi connectivity index (χ2v) is 4.06. The van der Waals surface area contributed by atoms with E-state index in [2.05, 4.69) is 5.28 Å². The van der Waals surface area contributed by atoms with Crippen molar-refractivity contribution in [2.75, 3.05) is 0 Å². The Hall–Kier alpha value is -2.62. The van der Waals surface area contributed by atoms with E-state index in [1.165, 1.54) is 0 Å². The molecule has 4 heteroatoms. The number of rotatable bonds is 1. The second kappa shape index (κ2) is 4.00. The maximum Gasteiger partial charge on any atom is 0.256 e. The van der Waals surface area contributed by atoms with Gasteiger partial charge in [-0.2, -0.15) is 0 Å². The molecule has 18 heavy (non-hydrogen) atoms. The minimum Gasteiger partial charge on any atom is -0.592 e. The number of benzene rings is 3. The monoisotopic (exact) mass is 238 g/mol. The quantitative estimate of drug-likeness (QED) is 0.302. The number of hydrogen-bond acceptors (Lipinski definition) is 2. The summed E-state index contributed by atoms with van der Waals surface area (Å²) in [5.74, 6) is 0. The van der Waals surface area contributed by atoms with Crippen molar-refractivity contribution in [1.29, 1.82) is 0 Å². The lowest BCUT2D eigenvalue weighted by molar-refractivity contribution is -0.472. The predicted octanol–water partition coefficient (Wildman–Crippen LogP) is 3.98. The molecule has 0 amide bonds. The topological polar surface area (TPSA) is 58.7 Å². The van der Waals surface area contributed by atoms with Crippen LogP contribution in [0.2, 0.25) is 0 Å². The molecule has 3 aromatic rings. The van der Waals surface area contributed by atoms with Gasteiger partial charge in [0.2, 0.25) is 5.28 Å². The zero-order valence-electron chi connectivity index (χ0n) is 9.45. The highest BCUT2D eigenvalue weighted by Gasteiger charge is 2.10. The molecule has 0 saturated heterocycles. The highest BCUT2D eigenvalue weighted by atomic mass is 16.6. The lowest BCUT2D eigenvalue weighted by Gasteiger charge is -2.04. The molecule has 0 aromatic heterocycles. The van der Waals surface area contributed by atoms with Crippen molar-refractivity contribution in [2.24, 2.45) is 5.28 Å². The summed E-state index contributed by atoms with van der Waals surface area (Å²) >= 11 is 0. The molecule has 0 unspecified atom stereocenters. The normalized spacial score (nSPS) is 12.1. The summed E-state index contributed by atoms with van der Waals surface area (Å²) < 4.78 is 0. The molecule has 0 atom stereocenters. The van der Waals surface area contributed by atoms with Crippen molar-refractivity contribution in [1.82, 2.24) is 0 Å². The van der Waals surface area contributed by atoms with Crippen LogP contribution in [-0.4, -0.2) is 10.1 Å². The maximum atomic E-state index is 11.5. The molecule has 0 radical (unpaired) electrons. The summed E-state index contributed by atoms with van der Waals surface area (Å²) in [6.45, 7) is 0.